The maximum Gasteiger partial charge on any atom is 0.416 e. The minimum absolute atomic E-state index is 0.164. The van der Waals surface area contributed by atoms with Crippen molar-refractivity contribution < 1.29 is 36.6 Å². The number of amides is 2. The summed E-state index contributed by atoms with van der Waals surface area (Å²) in [5, 5.41) is 0. The molecule has 0 atom stereocenters. The SMILES string of the molecule is COc1cc(F)ccc1-c1ccncc1N(C)C(=O)c1cc(C2CN(C(=O)OC(C)(C)C)C2)cc(C(F)(F)F)c1. The monoisotopic (exact) mass is 559 g/mol. The van der Waals surface area contributed by atoms with Gasteiger partial charge in [-0.3, -0.25) is 9.78 Å². The van der Waals surface area contributed by atoms with Gasteiger partial charge < -0.3 is 19.3 Å². The Bertz CT molecular complexity index is 1430. The summed E-state index contributed by atoms with van der Waals surface area (Å²) in [6.45, 7) is 5.50. The quantitative estimate of drug-likeness (QED) is 0.333. The molecule has 1 saturated heterocycles. The molecular formula is C29H29F4N3O4. The minimum atomic E-state index is -4.70. The first-order valence-electron chi connectivity index (χ1n) is 12.4. The van der Waals surface area contributed by atoms with Crippen molar-refractivity contribution in [2.75, 3.05) is 32.1 Å². The molecule has 2 aromatic carbocycles. The molecule has 212 valence electrons. The van der Waals surface area contributed by atoms with E-state index in [2.05, 4.69) is 4.98 Å². The zero-order valence-electron chi connectivity index (χ0n) is 22.7. The van der Waals surface area contributed by atoms with Crippen LogP contribution in [0.25, 0.3) is 11.1 Å². The van der Waals surface area contributed by atoms with Crippen molar-refractivity contribution in [2.24, 2.45) is 0 Å². The van der Waals surface area contributed by atoms with E-state index < -0.39 is 41.1 Å². The van der Waals surface area contributed by atoms with Crippen molar-refractivity contribution in [1.29, 1.82) is 0 Å². The van der Waals surface area contributed by atoms with Gasteiger partial charge in [0.1, 0.15) is 17.2 Å². The molecule has 1 aromatic heterocycles. The van der Waals surface area contributed by atoms with Crippen LogP contribution in [0.3, 0.4) is 0 Å². The van der Waals surface area contributed by atoms with Crippen LogP contribution in [0, 0.1) is 5.82 Å². The molecule has 2 amide bonds. The van der Waals surface area contributed by atoms with E-state index in [4.69, 9.17) is 9.47 Å². The fraction of sp³-hybridized carbons (Fsp3) is 0.345. The number of benzene rings is 2. The lowest BCUT2D eigenvalue weighted by molar-refractivity contribution is -0.137. The predicted octanol–water partition coefficient (Wildman–Crippen LogP) is 6.53. The first-order valence-corrected chi connectivity index (χ1v) is 12.4. The number of anilines is 1. The van der Waals surface area contributed by atoms with Gasteiger partial charge in [-0.15, -0.1) is 0 Å². The van der Waals surface area contributed by atoms with Gasteiger partial charge in [-0.1, -0.05) is 0 Å². The highest BCUT2D eigenvalue weighted by Gasteiger charge is 2.38. The Morgan fingerprint density at radius 1 is 1.02 bits per heavy atom. The molecule has 0 aliphatic carbocycles. The zero-order chi connectivity index (χ0) is 29.4. The summed E-state index contributed by atoms with van der Waals surface area (Å²) >= 11 is 0. The van der Waals surface area contributed by atoms with Gasteiger partial charge in [-0.2, -0.15) is 13.2 Å². The lowest BCUT2D eigenvalue weighted by atomic mass is 9.89. The average molecular weight is 560 g/mol. The number of methoxy groups -OCH3 is 1. The van der Waals surface area contributed by atoms with Gasteiger partial charge >= 0.3 is 12.3 Å². The fourth-order valence-corrected chi connectivity index (χ4v) is 4.41. The summed E-state index contributed by atoms with van der Waals surface area (Å²) in [4.78, 5) is 32.6. The van der Waals surface area contributed by atoms with E-state index in [1.54, 1.807) is 26.8 Å². The summed E-state index contributed by atoms with van der Waals surface area (Å²) in [6.07, 6.45) is -2.36. The van der Waals surface area contributed by atoms with Gasteiger partial charge in [-0.25, -0.2) is 9.18 Å². The third-order valence-corrected chi connectivity index (χ3v) is 6.45. The lowest BCUT2D eigenvalue weighted by Gasteiger charge is -2.40. The van der Waals surface area contributed by atoms with E-state index in [1.807, 2.05) is 0 Å². The van der Waals surface area contributed by atoms with Crippen LogP contribution in [0.4, 0.5) is 28.0 Å². The number of hydrogen-bond donors (Lipinski definition) is 0. The van der Waals surface area contributed by atoms with Crippen LogP contribution in [0.2, 0.25) is 0 Å². The fourth-order valence-electron chi connectivity index (χ4n) is 4.41. The van der Waals surface area contributed by atoms with Crippen molar-refractivity contribution in [2.45, 2.75) is 38.5 Å². The number of likely N-dealkylation sites (tertiary alicyclic amines) is 1. The number of alkyl halides is 3. The highest BCUT2D eigenvalue weighted by Crippen LogP contribution is 2.38. The largest absolute Gasteiger partial charge is 0.496 e. The number of rotatable bonds is 5. The summed E-state index contributed by atoms with van der Waals surface area (Å²) < 4.78 is 66.0. The zero-order valence-corrected chi connectivity index (χ0v) is 22.7. The Morgan fingerprint density at radius 3 is 2.35 bits per heavy atom. The predicted molar refractivity (Wildman–Crippen MR) is 141 cm³/mol. The molecule has 0 N–H and O–H groups in total. The van der Waals surface area contributed by atoms with Gasteiger partial charge in [0.25, 0.3) is 5.91 Å². The van der Waals surface area contributed by atoms with Gasteiger partial charge in [0, 0.05) is 55.0 Å². The van der Waals surface area contributed by atoms with Crippen LogP contribution < -0.4 is 9.64 Å². The Hall–Kier alpha value is -4.15. The van der Waals surface area contributed by atoms with Crippen LogP contribution in [-0.4, -0.2) is 54.7 Å². The topological polar surface area (TPSA) is 72.0 Å². The van der Waals surface area contributed by atoms with Crippen LogP contribution in [0.1, 0.15) is 48.2 Å². The Kier molecular flexibility index (Phi) is 7.78. The highest BCUT2D eigenvalue weighted by atomic mass is 19.4. The van der Waals surface area contributed by atoms with E-state index >= 15 is 0 Å². The number of carbonyl (C=O) groups is 2. The number of pyridine rings is 1. The van der Waals surface area contributed by atoms with Gasteiger partial charge in [0.05, 0.1) is 24.6 Å². The molecule has 0 bridgehead atoms. The van der Waals surface area contributed by atoms with Crippen LogP contribution >= 0.6 is 0 Å². The first kappa shape index (κ1) is 28.8. The lowest BCUT2D eigenvalue weighted by Crippen LogP contribution is -2.50. The summed E-state index contributed by atoms with van der Waals surface area (Å²) in [5.74, 6) is -1.40. The number of halogens is 4. The molecule has 0 spiro atoms. The van der Waals surface area contributed by atoms with Crippen molar-refractivity contribution >= 4 is 17.7 Å². The van der Waals surface area contributed by atoms with Gasteiger partial charge in [0.2, 0.25) is 0 Å². The van der Waals surface area contributed by atoms with E-state index in [0.29, 0.717) is 11.1 Å². The molecule has 11 heteroatoms. The maximum absolute atomic E-state index is 13.8. The van der Waals surface area contributed by atoms with Gasteiger partial charge in [-0.05, 0) is 62.7 Å². The van der Waals surface area contributed by atoms with Crippen molar-refractivity contribution in [3.05, 3.63) is 77.4 Å². The van der Waals surface area contributed by atoms with Crippen LogP contribution in [0.5, 0.6) is 5.75 Å². The first-order chi connectivity index (χ1) is 18.7. The number of aromatic nitrogens is 1. The summed E-state index contributed by atoms with van der Waals surface area (Å²) in [7, 11) is 2.80. The molecular weight excluding hydrogens is 530 g/mol. The molecule has 0 unspecified atom stereocenters. The van der Waals surface area contributed by atoms with Crippen molar-refractivity contribution in [1.82, 2.24) is 9.88 Å². The second-order valence-electron chi connectivity index (χ2n) is 10.5. The Balaban J connectivity index is 1.66. The Morgan fingerprint density at radius 2 is 1.73 bits per heavy atom. The second-order valence-corrected chi connectivity index (χ2v) is 10.5. The molecule has 1 aliphatic heterocycles. The molecule has 2 heterocycles. The smallest absolute Gasteiger partial charge is 0.416 e. The molecule has 0 radical (unpaired) electrons. The molecule has 1 aliphatic rings. The van der Waals surface area contributed by atoms with E-state index in [9.17, 15) is 27.2 Å². The minimum Gasteiger partial charge on any atom is -0.496 e. The number of nitrogens with zero attached hydrogens (tertiary/aromatic N) is 3. The number of ether oxygens (including phenoxy) is 2. The molecule has 7 nitrogen and oxygen atoms in total. The summed E-state index contributed by atoms with van der Waals surface area (Å²) in [5.41, 5.74) is -0.322. The second kappa shape index (κ2) is 10.8. The Labute approximate surface area is 229 Å². The molecule has 4 rings (SSSR count). The average Bonchev–Trinajstić information content (AvgIpc) is 2.85. The standard InChI is InChI=1S/C29H29F4N3O4/c1-28(2,3)40-27(38)36-15-19(16-36)17-10-18(12-20(11-17)29(31,32)33)26(37)35(4)24-14-34-9-8-22(24)23-7-6-21(30)13-25(23)39-5/h6-14,19H,15-16H2,1-5H3. The molecule has 3 aromatic rings. The normalized spacial score (nSPS) is 14.0. The third-order valence-electron chi connectivity index (χ3n) is 6.45. The number of carbonyl (C=O) groups excluding carboxylic acids is 2. The summed E-state index contributed by atoms with van der Waals surface area (Å²) in [6, 6.07) is 8.75. The third kappa shape index (κ3) is 6.19. The highest BCUT2D eigenvalue weighted by molar-refractivity contribution is 6.08. The van der Waals surface area contributed by atoms with Crippen LogP contribution in [-0.2, 0) is 10.9 Å². The van der Waals surface area contributed by atoms with E-state index in [0.717, 1.165) is 12.1 Å². The maximum atomic E-state index is 13.8. The van der Waals surface area contributed by atoms with E-state index in [-0.39, 0.29) is 35.7 Å². The van der Waals surface area contributed by atoms with E-state index in [1.165, 1.54) is 60.6 Å². The van der Waals surface area contributed by atoms with Crippen LogP contribution in [0.15, 0.2) is 54.9 Å². The number of hydrogen-bond acceptors (Lipinski definition) is 5. The molecule has 1 fully saturated rings. The van der Waals surface area contributed by atoms with Crippen molar-refractivity contribution in [3.8, 4) is 16.9 Å². The molecule has 40 heavy (non-hydrogen) atoms. The molecule has 0 saturated carbocycles. The van der Waals surface area contributed by atoms with Crippen molar-refractivity contribution in [3.63, 3.8) is 0 Å². The van der Waals surface area contributed by atoms with Gasteiger partial charge in [0.15, 0.2) is 0 Å².